The Bertz CT molecular complexity index is 596. The summed E-state index contributed by atoms with van der Waals surface area (Å²) < 4.78 is 0. The number of hydrogen-bond donors (Lipinski definition) is 1. The lowest BCUT2D eigenvalue weighted by Crippen LogP contribution is -2.50. The van der Waals surface area contributed by atoms with E-state index in [1.54, 1.807) is 34.1 Å². The Kier molecular flexibility index (Phi) is 5.83. The average molecular weight is 343 g/mol. The summed E-state index contributed by atoms with van der Waals surface area (Å²) in [5, 5.41) is 9.66. The number of rotatable bonds is 3. The van der Waals surface area contributed by atoms with Gasteiger partial charge in [0.1, 0.15) is 6.61 Å². The summed E-state index contributed by atoms with van der Waals surface area (Å²) in [5.74, 6) is -0.458. The minimum atomic E-state index is -0.499. The van der Waals surface area contributed by atoms with Gasteiger partial charge in [-0.05, 0) is 17.7 Å². The van der Waals surface area contributed by atoms with Crippen molar-refractivity contribution in [3.05, 3.63) is 39.9 Å². The quantitative estimate of drug-likeness (QED) is 0.850. The van der Waals surface area contributed by atoms with Crippen LogP contribution in [0.25, 0.3) is 6.08 Å². The summed E-state index contributed by atoms with van der Waals surface area (Å²) in [7, 11) is 0. The zero-order valence-corrected chi connectivity index (χ0v) is 13.3. The summed E-state index contributed by atoms with van der Waals surface area (Å²) in [6.07, 6.45) is 3.07. The Balaban J connectivity index is 1.95. The fourth-order valence-corrected chi connectivity index (χ4v) is 2.56. The van der Waals surface area contributed by atoms with Crippen LogP contribution in [0.5, 0.6) is 0 Å². The van der Waals surface area contributed by atoms with Crippen LogP contribution in [0.1, 0.15) is 5.56 Å². The highest BCUT2D eigenvalue weighted by Gasteiger charge is 2.22. The molecule has 1 fully saturated rings. The van der Waals surface area contributed by atoms with E-state index in [9.17, 15) is 9.59 Å². The molecule has 1 aliphatic rings. The Morgan fingerprint density at radius 3 is 2.41 bits per heavy atom. The van der Waals surface area contributed by atoms with Crippen molar-refractivity contribution in [2.45, 2.75) is 0 Å². The molecule has 1 heterocycles. The molecule has 1 aliphatic heterocycles. The first kappa shape index (κ1) is 16.8. The average Bonchev–Trinajstić information content (AvgIpc) is 2.55. The molecule has 2 rings (SSSR count). The van der Waals surface area contributed by atoms with Gasteiger partial charge in [0.25, 0.3) is 0 Å². The molecular formula is C15H16Cl2N2O3. The highest BCUT2D eigenvalue weighted by Crippen LogP contribution is 2.26. The second-order valence-corrected chi connectivity index (χ2v) is 5.63. The lowest BCUT2D eigenvalue weighted by atomic mass is 10.2. The van der Waals surface area contributed by atoms with E-state index in [1.165, 1.54) is 6.08 Å². The molecule has 22 heavy (non-hydrogen) atoms. The van der Waals surface area contributed by atoms with Gasteiger partial charge in [-0.2, -0.15) is 0 Å². The van der Waals surface area contributed by atoms with Gasteiger partial charge in [-0.25, -0.2) is 0 Å². The van der Waals surface area contributed by atoms with Gasteiger partial charge in [0.05, 0.1) is 10.0 Å². The molecule has 1 aromatic carbocycles. The topological polar surface area (TPSA) is 60.9 Å². The molecule has 118 valence electrons. The monoisotopic (exact) mass is 342 g/mol. The first-order valence-electron chi connectivity index (χ1n) is 6.82. The fraction of sp³-hybridized carbons (Fsp3) is 0.333. The predicted molar refractivity (Wildman–Crippen MR) is 85.7 cm³/mol. The highest BCUT2D eigenvalue weighted by atomic mass is 35.5. The SMILES string of the molecule is O=C(/C=C/c1cccc(Cl)c1Cl)N1CCN(C(=O)CO)CC1. The number of carbonyl (C=O) groups excluding carboxylic acids is 2. The number of piperazine rings is 1. The minimum Gasteiger partial charge on any atom is -0.387 e. The van der Waals surface area contributed by atoms with Crippen LogP contribution >= 0.6 is 23.2 Å². The third kappa shape index (κ3) is 4.00. The molecule has 5 nitrogen and oxygen atoms in total. The number of amides is 2. The summed E-state index contributed by atoms with van der Waals surface area (Å²) in [4.78, 5) is 26.7. The molecule has 0 unspecified atom stereocenters. The van der Waals surface area contributed by atoms with Crippen molar-refractivity contribution in [3.63, 3.8) is 0 Å². The second kappa shape index (κ2) is 7.63. The van der Waals surface area contributed by atoms with Gasteiger partial charge in [-0.3, -0.25) is 9.59 Å². The number of halogens is 2. The summed E-state index contributed by atoms with van der Waals surface area (Å²) in [6, 6.07) is 5.22. The number of benzene rings is 1. The minimum absolute atomic E-state index is 0.146. The number of nitrogens with zero attached hydrogens (tertiary/aromatic N) is 2. The van der Waals surface area contributed by atoms with E-state index >= 15 is 0 Å². The lowest BCUT2D eigenvalue weighted by molar-refractivity contribution is -0.139. The maximum Gasteiger partial charge on any atom is 0.248 e. The molecular weight excluding hydrogens is 327 g/mol. The molecule has 1 N–H and O–H groups in total. The summed E-state index contributed by atoms with van der Waals surface area (Å²) >= 11 is 12.0. The van der Waals surface area contributed by atoms with Crippen molar-refractivity contribution >= 4 is 41.1 Å². The van der Waals surface area contributed by atoms with Gasteiger partial charge in [0, 0.05) is 32.3 Å². The van der Waals surface area contributed by atoms with Gasteiger partial charge in [0.15, 0.2) is 0 Å². The van der Waals surface area contributed by atoms with E-state index in [4.69, 9.17) is 28.3 Å². The van der Waals surface area contributed by atoms with Crippen LogP contribution in [0, 0.1) is 0 Å². The zero-order valence-electron chi connectivity index (χ0n) is 11.8. The van der Waals surface area contributed by atoms with Crippen LogP contribution in [0.15, 0.2) is 24.3 Å². The van der Waals surface area contributed by atoms with Gasteiger partial charge in [-0.15, -0.1) is 0 Å². The van der Waals surface area contributed by atoms with Crippen molar-refractivity contribution in [2.24, 2.45) is 0 Å². The van der Waals surface area contributed by atoms with Crippen LogP contribution in [0.2, 0.25) is 10.0 Å². The maximum absolute atomic E-state index is 12.1. The van der Waals surface area contributed by atoms with Gasteiger partial charge in [-0.1, -0.05) is 35.3 Å². The van der Waals surface area contributed by atoms with E-state index in [-0.39, 0.29) is 11.8 Å². The maximum atomic E-state index is 12.1. The molecule has 0 radical (unpaired) electrons. The number of aliphatic hydroxyl groups excluding tert-OH is 1. The number of aliphatic hydroxyl groups is 1. The molecule has 2 amide bonds. The third-order valence-electron chi connectivity index (χ3n) is 3.47. The predicted octanol–water partition coefficient (Wildman–Crippen LogP) is 1.67. The van der Waals surface area contributed by atoms with Crippen LogP contribution in [-0.4, -0.2) is 59.5 Å². The normalized spacial score (nSPS) is 15.4. The Labute approximate surface area is 138 Å². The second-order valence-electron chi connectivity index (χ2n) is 4.84. The van der Waals surface area contributed by atoms with E-state index in [0.29, 0.717) is 41.8 Å². The molecule has 7 heteroatoms. The van der Waals surface area contributed by atoms with Crippen molar-refractivity contribution in [3.8, 4) is 0 Å². The van der Waals surface area contributed by atoms with E-state index in [1.807, 2.05) is 0 Å². The smallest absolute Gasteiger partial charge is 0.248 e. The van der Waals surface area contributed by atoms with Gasteiger partial charge in [0.2, 0.25) is 11.8 Å². The number of hydrogen-bond acceptors (Lipinski definition) is 3. The Hall–Kier alpha value is -1.56. The molecule has 0 aromatic heterocycles. The molecule has 0 bridgehead atoms. The largest absolute Gasteiger partial charge is 0.387 e. The molecule has 1 aromatic rings. The van der Waals surface area contributed by atoms with Crippen LogP contribution in [-0.2, 0) is 9.59 Å². The van der Waals surface area contributed by atoms with Crippen molar-refractivity contribution in [2.75, 3.05) is 32.8 Å². The molecule has 0 atom stereocenters. The van der Waals surface area contributed by atoms with Crippen LogP contribution < -0.4 is 0 Å². The summed E-state index contributed by atoms with van der Waals surface area (Å²) in [6.45, 7) is 1.24. The molecule has 1 saturated heterocycles. The first-order valence-corrected chi connectivity index (χ1v) is 7.58. The van der Waals surface area contributed by atoms with Gasteiger partial charge >= 0.3 is 0 Å². The van der Waals surface area contributed by atoms with Crippen molar-refractivity contribution < 1.29 is 14.7 Å². The molecule has 0 aliphatic carbocycles. The third-order valence-corrected chi connectivity index (χ3v) is 4.30. The summed E-state index contributed by atoms with van der Waals surface area (Å²) in [5.41, 5.74) is 0.677. The molecule has 0 saturated carbocycles. The van der Waals surface area contributed by atoms with E-state index in [2.05, 4.69) is 0 Å². The van der Waals surface area contributed by atoms with E-state index < -0.39 is 6.61 Å². The molecule has 0 spiro atoms. The van der Waals surface area contributed by atoms with Crippen molar-refractivity contribution in [1.29, 1.82) is 0 Å². The zero-order chi connectivity index (χ0) is 16.1. The Morgan fingerprint density at radius 2 is 1.77 bits per heavy atom. The highest BCUT2D eigenvalue weighted by molar-refractivity contribution is 6.42. The lowest BCUT2D eigenvalue weighted by Gasteiger charge is -2.33. The fourth-order valence-electron chi connectivity index (χ4n) is 2.19. The standard InChI is InChI=1S/C15H16Cl2N2O3/c16-12-3-1-2-11(15(12)17)4-5-13(21)18-6-8-19(9-7-18)14(22)10-20/h1-5,20H,6-10H2/b5-4+. The van der Waals surface area contributed by atoms with Gasteiger partial charge < -0.3 is 14.9 Å². The van der Waals surface area contributed by atoms with E-state index in [0.717, 1.165) is 0 Å². The van der Waals surface area contributed by atoms with Crippen LogP contribution in [0.3, 0.4) is 0 Å². The number of carbonyl (C=O) groups is 2. The van der Waals surface area contributed by atoms with Crippen molar-refractivity contribution in [1.82, 2.24) is 9.80 Å². The Morgan fingerprint density at radius 1 is 1.14 bits per heavy atom. The van der Waals surface area contributed by atoms with Crippen LogP contribution in [0.4, 0.5) is 0 Å². The first-order chi connectivity index (χ1) is 10.5.